The van der Waals surface area contributed by atoms with Crippen LogP contribution >= 0.6 is 0 Å². The first-order valence-electron chi connectivity index (χ1n) is 15.5. The third kappa shape index (κ3) is 6.13. The zero-order chi connectivity index (χ0) is 29.6. The normalized spacial score (nSPS) is 26.9. The van der Waals surface area contributed by atoms with Gasteiger partial charge in [0.15, 0.2) is 11.5 Å². The molecule has 2 heterocycles. The first-order chi connectivity index (χ1) is 20.7. The minimum Gasteiger partial charge on any atom is -0.508 e. The number of carbonyl (C=O) groups excluding carboxylic acids is 1. The van der Waals surface area contributed by atoms with Crippen LogP contribution < -0.4 is 9.62 Å². The standard InChI is InChI=1S/C33H39N5O4S/c39-28-6-3-5-26(17-28)29-7-2-1-4-27(29)21-37-10-12-38(13-11-37)31-9-8-30(34-35-31)32(40)36-43(41,42)22-33-18-23-14-24(19-33)16-25(15-23)20-33/h1-9,17,23-25,39H,10-16,18-22H2,(H,36,40). The van der Waals surface area contributed by atoms with Gasteiger partial charge in [-0.25, -0.2) is 13.1 Å². The Kier molecular flexibility index (Phi) is 7.37. The Labute approximate surface area is 253 Å². The van der Waals surface area contributed by atoms with Crippen LogP contribution in [-0.2, 0) is 16.6 Å². The van der Waals surface area contributed by atoms with Gasteiger partial charge in [0.1, 0.15) is 5.75 Å². The predicted octanol–water partition coefficient (Wildman–Crippen LogP) is 4.45. The van der Waals surface area contributed by atoms with Crippen molar-refractivity contribution in [1.29, 1.82) is 0 Å². The van der Waals surface area contributed by atoms with Gasteiger partial charge in [0, 0.05) is 32.7 Å². The molecule has 43 heavy (non-hydrogen) atoms. The number of nitrogens with zero attached hydrogens (tertiary/aromatic N) is 4. The van der Waals surface area contributed by atoms with E-state index in [1.807, 2.05) is 24.3 Å². The fourth-order valence-corrected chi connectivity index (χ4v) is 10.3. The molecule has 10 heteroatoms. The Bertz CT molecular complexity index is 1570. The van der Waals surface area contributed by atoms with E-state index in [-0.39, 0.29) is 22.6 Å². The number of hydrogen-bond acceptors (Lipinski definition) is 8. The second-order valence-corrected chi connectivity index (χ2v) is 15.1. The number of phenols is 1. The van der Waals surface area contributed by atoms with Crippen molar-refractivity contribution in [3.63, 3.8) is 0 Å². The first-order valence-corrected chi connectivity index (χ1v) is 17.1. The van der Waals surface area contributed by atoms with Gasteiger partial charge in [-0.2, -0.15) is 0 Å². The number of hydrogen-bond donors (Lipinski definition) is 2. The number of aromatic nitrogens is 2. The fourth-order valence-electron chi connectivity index (χ4n) is 8.70. The van der Waals surface area contributed by atoms with Crippen LogP contribution in [0.2, 0.25) is 0 Å². The number of nitrogens with one attached hydrogen (secondary N) is 1. The quantitative estimate of drug-likeness (QED) is 0.389. The molecule has 2 N–H and O–H groups in total. The third-order valence-corrected chi connectivity index (χ3v) is 11.5. The van der Waals surface area contributed by atoms with E-state index in [2.05, 4.69) is 36.9 Å². The van der Waals surface area contributed by atoms with Gasteiger partial charge in [-0.15, -0.1) is 10.2 Å². The van der Waals surface area contributed by atoms with Crippen molar-refractivity contribution >= 4 is 21.7 Å². The SMILES string of the molecule is O=C(NS(=O)(=O)CC12CC3CC(CC(C3)C1)C2)c1ccc(N2CCN(Cc3ccccc3-c3cccc(O)c3)CC2)nn1. The molecular formula is C33H39N5O4S. The van der Waals surface area contributed by atoms with Crippen LogP contribution in [0.25, 0.3) is 11.1 Å². The number of sulfonamides is 1. The summed E-state index contributed by atoms with van der Waals surface area (Å²) in [5.74, 6) is 2.20. The lowest BCUT2D eigenvalue weighted by Gasteiger charge is -2.56. The molecule has 1 amide bonds. The predicted molar refractivity (Wildman–Crippen MR) is 165 cm³/mol. The molecule has 1 saturated heterocycles. The Hall–Kier alpha value is -3.50. The Morgan fingerprint density at radius 1 is 0.884 bits per heavy atom. The lowest BCUT2D eigenvalue weighted by atomic mass is 9.50. The van der Waals surface area contributed by atoms with E-state index in [0.29, 0.717) is 23.6 Å². The van der Waals surface area contributed by atoms with Crippen LogP contribution in [0.5, 0.6) is 5.75 Å². The molecule has 226 valence electrons. The van der Waals surface area contributed by atoms with Crippen LogP contribution in [0.3, 0.4) is 0 Å². The average Bonchev–Trinajstić information content (AvgIpc) is 2.96. The van der Waals surface area contributed by atoms with Gasteiger partial charge in [0.2, 0.25) is 10.0 Å². The summed E-state index contributed by atoms with van der Waals surface area (Å²) >= 11 is 0. The van der Waals surface area contributed by atoms with Crippen molar-refractivity contribution in [2.75, 3.05) is 36.8 Å². The molecule has 1 aromatic heterocycles. The average molecular weight is 602 g/mol. The van der Waals surface area contributed by atoms with E-state index in [4.69, 9.17) is 0 Å². The van der Waals surface area contributed by atoms with Crippen molar-refractivity contribution in [2.45, 2.75) is 45.1 Å². The van der Waals surface area contributed by atoms with Crippen molar-refractivity contribution in [2.24, 2.45) is 23.2 Å². The second kappa shape index (κ2) is 11.2. The maximum absolute atomic E-state index is 13.1. The molecular weight excluding hydrogens is 562 g/mol. The van der Waals surface area contributed by atoms with Gasteiger partial charge in [-0.3, -0.25) is 9.69 Å². The van der Waals surface area contributed by atoms with Crippen LogP contribution in [0.1, 0.15) is 54.6 Å². The van der Waals surface area contributed by atoms with Gasteiger partial charge in [-0.1, -0.05) is 36.4 Å². The summed E-state index contributed by atoms with van der Waals surface area (Å²) in [5, 5.41) is 18.3. The number of rotatable bonds is 8. The Balaban J connectivity index is 0.937. The van der Waals surface area contributed by atoms with E-state index in [1.54, 1.807) is 24.3 Å². The number of benzene rings is 2. The third-order valence-electron chi connectivity index (χ3n) is 10.1. The molecule has 8 rings (SSSR count). The minimum absolute atomic E-state index is 0.0139. The second-order valence-electron chi connectivity index (χ2n) is 13.4. The molecule has 4 bridgehead atoms. The highest BCUT2D eigenvalue weighted by atomic mass is 32.2. The summed E-state index contributed by atoms with van der Waals surface area (Å²) in [4.78, 5) is 17.4. The van der Waals surface area contributed by atoms with Crippen LogP contribution in [-0.4, -0.2) is 66.5 Å². The monoisotopic (exact) mass is 601 g/mol. The summed E-state index contributed by atoms with van der Waals surface area (Å²) in [6.07, 6.45) is 6.66. The summed E-state index contributed by atoms with van der Waals surface area (Å²) in [5.41, 5.74) is 3.15. The van der Waals surface area contributed by atoms with Crippen molar-refractivity contribution in [1.82, 2.24) is 19.8 Å². The lowest BCUT2D eigenvalue weighted by Crippen LogP contribution is -2.51. The molecule has 2 aromatic carbocycles. The van der Waals surface area contributed by atoms with Gasteiger partial charge < -0.3 is 10.0 Å². The van der Waals surface area contributed by atoms with E-state index >= 15 is 0 Å². The molecule has 4 saturated carbocycles. The molecule has 0 spiro atoms. The maximum Gasteiger partial charge on any atom is 0.285 e. The zero-order valence-corrected chi connectivity index (χ0v) is 25.2. The summed E-state index contributed by atoms with van der Waals surface area (Å²) in [6, 6.07) is 18.9. The molecule has 4 aliphatic carbocycles. The lowest BCUT2D eigenvalue weighted by molar-refractivity contribution is -0.0391. The van der Waals surface area contributed by atoms with E-state index in [9.17, 15) is 18.3 Å². The topological polar surface area (TPSA) is 116 Å². The molecule has 0 unspecified atom stereocenters. The van der Waals surface area contributed by atoms with Crippen LogP contribution in [0.4, 0.5) is 5.82 Å². The first kappa shape index (κ1) is 28.3. The largest absolute Gasteiger partial charge is 0.508 e. The number of piperazine rings is 1. The fraction of sp³-hybridized carbons (Fsp3) is 0.485. The molecule has 0 radical (unpaired) electrons. The van der Waals surface area contributed by atoms with Crippen molar-refractivity contribution in [3.05, 3.63) is 71.9 Å². The highest BCUT2D eigenvalue weighted by Gasteiger charge is 2.52. The van der Waals surface area contributed by atoms with E-state index in [1.165, 1.54) is 24.8 Å². The maximum atomic E-state index is 13.1. The minimum atomic E-state index is -3.77. The molecule has 1 aliphatic heterocycles. The van der Waals surface area contributed by atoms with E-state index < -0.39 is 15.9 Å². The van der Waals surface area contributed by atoms with Gasteiger partial charge in [0.05, 0.1) is 5.75 Å². The molecule has 9 nitrogen and oxygen atoms in total. The summed E-state index contributed by atoms with van der Waals surface area (Å²) in [6.45, 7) is 3.98. The van der Waals surface area contributed by atoms with E-state index in [0.717, 1.165) is 63.1 Å². The highest BCUT2D eigenvalue weighted by Crippen LogP contribution is 2.60. The van der Waals surface area contributed by atoms with Gasteiger partial charge >= 0.3 is 0 Å². The van der Waals surface area contributed by atoms with Crippen LogP contribution in [0, 0.1) is 23.2 Å². The highest BCUT2D eigenvalue weighted by molar-refractivity contribution is 7.90. The molecule has 0 atom stereocenters. The van der Waals surface area contributed by atoms with Crippen molar-refractivity contribution < 1.29 is 18.3 Å². The molecule has 3 aromatic rings. The molecule has 5 fully saturated rings. The number of anilines is 1. The number of aromatic hydroxyl groups is 1. The van der Waals surface area contributed by atoms with Gasteiger partial charge in [0.25, 0.3) is 5.91 Å². The zero-order valence-electron chi connectivity index (χ0n) is 24.4. The molecule has 5 aliphatic rings. The Morgan fingerprint density at radius 3 is 2.23 bits per heavy atom. The number of amides is 1. The smallest absolute Gasteiger partial charge is 0.285 e. The van der Waals surface area contributed by atoms with Gasteiger partial charge in [-0.05, 0) is 103 Å². The van der Waals surface area contributed by atoms with Crippen LogP contribution in [0.15, 0.2) is 60.7 Å². The summed E-state index contributed by atoms with van der Waals surface area (Å²) in [7, 11) is -3.77. The Morgan fingerprint density at radius 2 is 1.58 bits per heavy atom. The number of carbonyl (C=O) groups is 1. The van der Waals surface area contributed by atoms with Crippen molar-refractivity contribution in [3.8, 4) is 16.9 Å². The number of phenolic OH excluding ortho intramolecular Hbond substituents is 1. The summed E-state index contributed by atoms with van der Waals surface area (Å²) < 4.78 is 28.5.